The highest BCUT2D eigenvalue weighted by atomic mass is 32.1. The third-order valence-corrected chi connectivity index (χ3v) is 6.30. The molecule has 0 atom stereocenters. The maximum atomic E-state index is 12.8. The minimum Gasteiger partial charge on any atom is -0.305 e. The van der Waals surface area contributed by atoms with Gasteiger partial charge in [0.15, 0.2) is 11.5 Å². The number of amides is 1. The smallest absolute Gasteiger partial charge is 0.305 e. The second-order valence-electron chi connectivity index (χ2n) is 6.35. The fourth-order valence-electron chi connectivity index (χ4n) is 2.99. The number of hydrogen-bond acceptors (Lipinski definition) is 8. The van der Waals surface area contributed by atoms with E-state index in [-0.39, 0.29) is 15.7 Å². The maximum Gasteiger partial charge on any atom is 0.324 e. The van der Waals surface area contributed by atoms with E-state index in [1.165, 1.54) is 23.5 Å². The van der Waals surface area contributed by atoms with Gasteiger partial charge in [-0.3, -0.25) is 14.9 Å². The van der Waals surface area contributed by atoms with Crippen molar-refractivity contribution in [1.29, 1.82) is 0 Å². The summed E-state index contributed by atoms with van der Waals surface area (Å²) in [7, 11) is 0. The second kappa shape index (κ2) is 7.70. The Bertz CT molecular complexity index is 1410. The van der Waals surface area contributed by atoms with Gasteiger partial charge in [-0.1, -0.05) is 35.6 Å². The van der Waals surface area contributed by atoms with Gasteiger partial charge in [0.1, 0.15) is 5.82 Å². The molecule has 4 aromatic heterocycles. The summed E-state index contributed by atoms with van der Waals surface area (Å²) < 4.78 is 1.68. The molecule has 31 heavy (non-hydrogen) atoms. The van der Waals surface area contributed by atoms with Crippen LogP contribution in [0.15, 0.2) is 66.2 Å². The molecule has 0 unspecified atom stereocenters. The zero-order valence-corrected chi connectivity index (χ0v) is 17.3. The Labute approximate surface area is 182 Å². The van der Waals surface area contributed by atoms with Crippen LogP contribution in [0.4, 0.5) is 10.8 Å². The molecule has 0 aliphatic carbocycles. The summed E-state index contributed by atoms with van der Waals surface area (Å²) in [6, 6.07) is 16.0. The molecule has 0 fully saturated rings. The van der Waals surface area contributed by atoms with Gasteiger partial charge in [-0.2, -0.15) is 5.10 Å². The van der Waals surface area contributed by atoms with Gasteiger partial charge in [0.05, 0.1) is 31.9 Å². The summed E-state index contributed by atoms with van der Waals surface area (Å²) in [5.74, 6) is 0.256. The molecule has 9 nitrogen and oxygen atoms in total. The Morgan fingerprint density at radius 2 is 1.90 bits per heavy atom. The molecule has 0 radical (unpaired) electrons. The van der Waals surface area contributed by atoms with Crippen molar-refractivity contribution in [1.82, 2.24) is 19.7 Å². The van der Waals surface area contributed by atoms with E-state index in [9.17, 15) is 14.9 Å². The van der Waals surface area contributed by atoms with Crippen molar-refractivity contribution in [2.24, 2.45) is 0 Å². The van der Waals surface area contributed by atoms with Gasteiger partial charge in [-0.15, -0.1) is 11.3 Å². The number of nitrogens with one attached hydrogen (secondary N) is 1. The van der Waals surface area contributed by atoms with Gasteiger partial charge in [0, 0.05) is 6.07 Å². The number of thiophene rings is 2. The van der Waals surface area contributed by atoms with Crippen LogP contribution in [0.2, 0.25) is 0 Å². The summed E-state index contributed by atoms with van der Waals surface area (Å²) in [4.78, 5) is 33.5. The predicted octanol–water partition coefficient (Wildman–Crippen LogP) is 4.77. The zero-order chi connectivity index (χ0) is 21.4. The van der Waals surface area contributed by atoms with Gasteiger partial charge in [-0.05, 0) is 29.6 Å². The topological polar surface area (TPSA) is 116 Å². The molecule has 4 heterocycles. The second-order valence-corrected chi connectivity index (χ2v) is 8.36. The normalized spacial score (nSPS) is 11.0. The molecule has 11 heteroatoms. The standard InChI is InChI=1S/C20H12N6O3S2/c27-20(15-8-9-16(31-15)26(28)29)24-17-13-11-21-25(12-5-2-1-3-6-12)19(13)23-18(22-17)14-7-4-10-30-14/h1-11H,(H,22,23,24,27). The van der Waals surface area contributed by atoms with E-state index in [0.717, 1.165) is 21.9 Å². The number of anilines is 1. The first-order valence-corrected chi connectivity index (χ1v) is 10.7. The van der Waals surface area contributed by atoms with Crippen molar-refractivity contribution >= 4 is 50.4 Å². The van der Waals surface area contributed by atoms with Gasteiger partial charge in [-0.25, -0.2) is 14.6 Å². The molecule has 0 saturated heterocycles. The average molecular weight is 448 g/mol. The number of fused-ring (bicyclic) bond motifs is 1. The van der Waals surface area contributed by atoms with Gasteiger partial charge in [0.25, 0.3) is 5.91 Å². The number of nitrogens with zero attached hydrogens (tertiary/aromatic N) is 5. The summed E-state index contributed by atoms with van der Waals surface area (Å²) in [6.45, 7) is 0. The van der Waals surface area contributed by atoms with Crippen molar-refractivity contribution in [3.05, 3.63) is 81.2 Å². The Balaban J connectivity index is 1.62. The molecule has 5 aromatic rings. The summed E-state index contributed by atoms with van der Waals surface area (Å²) in [6.07, 6.45) is 1.59. The van der Waals surface area contributed by atoms with Crippen LogP contribution < -0.4 is 5.32 Å². The number of hydrogen-bond donors (Lipinski definition) is 1. The predicted molar refractivity (Wildman–Crippen MR) is 119 cm³/mol. The highest BCUT2D eigenvalue weighted by Crippen LogP contribution is 2.30. The highest BCUT2D eigenvalue weighted by Gasteiger charge is 2.20. The molecular formula is C20H12N6O3S2. The maximum absolute atomic E-state index is 12.8. The molecule has 1 N–H and O–H groups in total. The van der Waals surface area contributed by atoms with E-state index in [1.807, 2.05) is 47.8 Å². The van der Waals surface area contributed by atoms with Crippen LogP contribution in [0, 0.1) is 10.1 Å². The summed E-state index contributed by atoms with van der Waals surface area (Å²) >= 11 is 2.28. The number of carbonyl (C=O) groups is 1. The molecule has 152 valence electrons. The van der Waals surface area contributed by atoms with Gasteiger partial charge >= 0.3 is 5.00 Å². The van der Waals surface area contributed by atoms with Crippen LogP contribution in [0.25, 0.3) is 27.4 Å². The van der Waals surface area contributed by atoms with E-state index in [4.69, 9.17) is 0 Å². The van der Waals surface area contributed by atoms with Crippen LogP contribution in [-0.4, -0.2) is 30.6 Å². The fourth-order valence-corrected chi connectivity index (χ4v) is 4.37. The third-order valence-electron chi connectivity index (χ3n) is 4.40. The van der Waals surface area contributed by atoms with E-state index < -0.39 is 10.8 Å². The largest absolute Gasteiger partial charge is 0.324 e. The number of aromatic nitrogens is 4. The lowest BCUT2D eigenvalue weighted by Crippen LogP contribution is -2.12. The van der Waals surface area contributed by atoms with Crippen LogP contribution >= 0.6 is 22.7 Å². The Kier molecular flexibility index (Phi) is 4.73. The van der Waals surface area contributed by atoms with Crippen LogP contribution in [0.1, 0.15) is 9.67 Å². The number of para-hydroxylation sites is 1. The first-order chi connectivity index (χ1) is 15.1. The lowest BCUT2D eigenvalue weighted by molar-refractivity contribution is -0.380. The van der Waals surface area contributed by atoms with Crippen molar-refractivity contribution in [3.63, 3.8) is 0 Å². The van der Waals surface area contributed by atoms with Crippen molar-refractivity contribution in [2.45, 2.75) is 0 Å². The molecule has 1 amide bonds. The molecule has 0 aliphatic rings. The highest BCUT2D eigenvalue weighted by molar-refractivity contribution is 7.17. The van der Waals surface area contributed by atoms with Gasteiger partial charge < -0.3 is 5.32 Å². The summed E-state index contributed by atoms with van der Waals surface area (Å²) in [5, 5.41) is 20.5. The number of rotatable bonds is 5. The van der Waals surface area contributed by atoms with Gasteiger partial charge in [0.2, 0.25) is 0 Å². The fraction of sp³-hybridized carbons (Fsp3) is 0. The van der Waals surface area contributed by atoms with E-state index in [1.54, 1.807) is 10.9 Å². The number of carbonyl (C=O) groups excluding carboxylic acids is 1. The molecular weight excluding hydrogens is 436 g/mol. The van der Waals surface area contributed by atoms with Crippen LogP contribution in [-0.2, 0) is 0 Å². The molecule has 0 bridgehead atoms. The van der Waals surface area contributed by atoms with Crippen LogP contribution in [0.3, 0.4) is 0 Å². The Morgan fingerprint density at radius 3 is 2.61 bits per heavy atom. The molecule has 0 spiro atoms. The van der Waals surface area contributed by atoms with E-state index in [2.05, 4.69) is 20.4 Å². The van der Waals surface area contributed by atoms with Crippen molar-refractivity contribution in [3.8, 4) is 16.4 Å². The quantitative estimate of drug-likeness (QED) is 0.306. The average Bonchev–Trinajstić information content (AvgIpc) is 3.54. The minimum absolute atomic E-state index is 0.103. The zero-order valence-electron chi connectivity index (χ0n) is 15.6. The summed E-state index contributed by atoms with van der Waals surface area (Å²) in [5.41, 5.74) is 1.36. The SMILES string of the molecule is O=C(Nc1nc(-c2cccs2)nc2c1cnn2-c1ccccc1)c1ccc([N+](=O)[O-])s1. The number of benzene rings is 1. The molecule has 1 aromatic carbocycles. The van der Waals surface area contributed by atoms with Crippen molar-refractivity contribution < 1.29 is 9.72 Å². The monoisotopic (exact) mass is 448 g/mol. The first-order valence-electron chi connectivity index (χ1n) is 9.01. The number of nitro groups is 1. The Hall–Kier alpha value is -3.96. The minimum atomic E-state index is -0.525. The third kappa shape index (κ3) is 3.56. The van der Waals surface area contributed by atoms with Crippen molar-refractivity contribution in [2.75, 3.05) is 5.32 Å². The first kappa shape index (κ1) is 19.0. The molecule has 0 aliphatic heterocycles. The van der Waals surface area contributed by atoms with E-state index in [0.29, 0.717) is 16.9 Å². The lowest BCUT2D eigenvalue weighted by atomic mass is 10.3. The van der Waals surface area contributed by atoms with E-state index >= 15 is 0 Å². The van der Waals surface area contributed by atoms with Crippen LogP contribution in [0.5, 0.6) is 0 Å². The Morgan fingerprint density at radius 1 is 1.06 bits per heavy atom. The molecule has 0 saturated carbocycles. The molecule has 5 rings (SSSR count). The lowest BCUT2D eigenvalue weighted by Gasteiger charge is -2.08.